The topological polar surface area (TPSA) is 42.0 Å². The number of thiophene rings is 1. The summed E-state index contributed by atoms with van der Waals surface area (Å²) in [6, 6.07) is 9.84. The predicted octanol–water partition coefficient (Wildman–Crippen LogP) is 6.97. The number of hydrogen-bond donors (Lipinski definition) is 1. The Bertz CT molecular complexity index is 868. The van der Waals surface area contributed by atoms with E-state index in [1.807, 2.05) is 24.3 Å². The van der Waals surface area contributed by atoms with Crippen molar-refractivity contribution in [1.29, 1.82) is 0 Å². The quantitative estimate of drug-likeness (QED) is 0.381. The van der Waals surface area contributed by atoms with Crippen molar-refractivity contribution in [3.8, 4) is 11.3 Å². The van der Waals surface area contributed by atoms with Crippen LogP contribution in [0.3, 0.4) is 0 Å². The van der Waals surface area contributed by atoms with Crippen molar-refractivity contribution < 1.29 is 4.79 Å². The summed E-state index contributed by atoms with van der Waals surface area (Å²) >= 11 is 13.2. The van der Waals surface area contributed by atoms with E-state index in [9.17, 15) is 4.79 Å². The van der Waals surface area contributed by atoms with Crippen LogP contribution in [0.2, 0.25) is 0 Å². The molecule has 0 aliphatic rings. The molecule has 1 amide bonds. The number of halogens is 3. The molecule has 3 rings (SSSR count). The molecule has 1 aromatic carbocycles. The van der Waals surface area contributed by atoms with Crippen LogP contribution in [0.5, 0.6) is 0 Å². The number of aryl methyl sites for hydroxylation is 1. The molecule has 3 nitrogen and oxygen atoms in total. The van der Waals surface area contributed by atoms with E-state index in [0.29, 0.717) is 10.0 Å². The maximum Gasteiger partial charge on any atom is 0.267 e. The maximum absolute atomic E-state index is 12.4. The van der Waals surface area contributed by atoms with Crippen molar-refractivity contribution in [1.82, 2.24) is 4.98 Å². The molecule has 3 aromatic rings. The first-order valence-corrected chi connectivity index (χ1v) is 11.0. The summed E-state index contributed by atoms with van der Waals surface area (Å²) in [5.41, 5.74) is 1.98. The molecule has 0 saturated heterocycles. The summed E-state index contributed by atoms with van der Waals surface area (Å²) in [5.74, 6) is -0.148. The first-order chi connectivity index (χ1) is 11.5. The molecule has 2 heterocycles. The molecule has 0 saturated carbocycles. The molecule has 2 aromatic heterocycles. The third-order valence-electron chi connectivity index (χ3n) is 3.23. The third-order valence-corrected chi connectivity index (χ3v) is 8.12. The number of rotatable bonds is 4. The lowest BCUT2D eigenvalue weighted by Gasteiger charge is -2.00. The molecule has 1 N–H and O–H groups in total. The van der Waals surface area contributed by atoms with Gasteiger partial charge in [-0.05, 0) is 56.5 Å². The monoisotopic (exact) mass is 548 g/mol. The predicted molar refractivity (Wildman–Crippen MR) is 112 cm³/mol. The molecule has 0 aliphatic heterocycles. The van der Waals surface area contributed by atoms with Crippen molar-refractivity contribution in [2.75, 3.05) is 5.32 Å². The Hall–Kier alpha value is -0.540. The summed E-state index contributed by atoms with van der Waals surface area (Å²) in [7, 11) is 0. The van der Waals surface area contributed by atoms with E-state index in [1.165, 1.54) is 22.7 Å². The summed E-state index contributed by atoms with van der Waals surface area (Å²) in [6.07, 6.45) is 0.870. The Morgan fingerprint density at radius 1 is 1.17 bits per heavy atom. The number of thiazole rings is 1. The van der Waals surface area contributed by atoms with Gasteiger partial charge in [-0.1, -0.05) is 35.0 Å². The Morgan fingerprint density at radius 3 is 2.46 bits per heavy atom. The fraction of sp³-hybridized carbons (Fsp3) is 0.125. The van der Waals surface area contributed by atoms with Gasteiger partial charge in [0.1, 0.15) is 0 Å². The van der Waals surface area contributed by atoms with Crippen molar-refractivity contribution in [3.63, 3.8) is 0 Å². The second-order valence-corrected chi connectivity index (χ2v) is 10.1. The summed E-state index contributed by atoms with van der Waals surface area (Å²) < 4.78 is 2.81. The van der Waals surface area contributed by atoms with Crippen molar-refractivity contribution in [2.24, 2.45) is 0 Å². The Labute approximate surface area is 172 Å². The van der Waals surface area contributed by atoms with Crippen LogP contribution in [0.25, 0.3) is 11.3 Å². The van der Waals surface area contributed by atoms with Crippen LogP contribution in [-0.4, -0.2) is 10.9 Å². The fourth-order valence-electron chi connectivity index (χ4n) is 2.10. The van der Waals surface area contributed by atoms with E-state index in [4.69, 9.17) is 0 Å². The summed E-state index contributed by atoms with van der Waals surface area (Å²) in [6.45, 7) is 2.09. The fourth-order valence-corrected chi connectivity index (χ4v) is 5.21. The number of nitrogens with zero attached hydrogens (tertiary/aromatic N) is 1. The van der Waals surface area contributed by atoms with Crippen LogP contribution in [0.4, 0.5) is 5.13 Å². The highest BCUT2D eigenvalue weighted by Gasteiger charge is 2.17. The van der Waals surface area contributed by atoms with Crippen LogP contribution in [0.1, 0.15) is 21.5 Å². The molecule has 0 spiro atoms. The highest BCUT2D eigenvalue weighted by molar-refractivity contribution is 9.13. The lowest BCUT2D eigenvalue weighted by Crippen LogP contribution is -2.09. The molecule has 0 fully saturated rings. The van der Waals surface area contributed by atoms with E-state index in [2.05, 4.69) is 65.0 Å². The molecule has 124 valence electrons. The van der Waals surface area contributed by atoms with Crippen LogP contribution in [0.15, 0.2) is 43.1 Å². The van der Waals surface area contributed by atoms with Crippen LogP contribution in [-0.2, 0) is 6.42 Å². The van der Waals surface area contributed by atoms with Crippen molar-refractivity contribution in [2.45, 2.75) is 13.3 Å². The van der Waals surface area contributed by atoms with Crippen molar-refractivity contribution in [3.05, 3.63) is 52.8 Å². The molecule has 0 unspecified atom stereocenters. The molecular weight excluding hydrogens is 540 g/mol. The zero-order chi connectivity index (χ0) is 17.3. The summed E-state index contributed by atoms with van der Waals surface area (Å²) in [5, 5.41) is 3.52. The minimum atomic E-state index is -0.148. The van der Waals surface area contributed by atoms with Gasteiger partial charge in [-0.2, -0.15) is 0 Å². The van der Waals surface area contributed by atoms with Gasteiger partial charge in [0.25, 0.3) is 5.91 Å². The highest BCUT2D eigenvalue weighted by atomic mass is 79.9. The second-order valence-electron chi connectivity index (χ2n) is 4.84. The highest BCUT2D eigenvalue weighted by Crippen LogP contribution is 2.35. The van der Waals surface area contributed by atoms with E-state index in [1.54, 1.807) is 6.07 Å². The molecule has 0 radical (unpaired) electrons. The maximum atomic E-state index is 12.4. The smallest absolute Gasteiger partial charge is 0.267 e. The number of nitrogens with one attached hydrogen (secondary N) is 1. The van der Waals surface area contributed by atoms with Gasteiger partial charge < -0.3 is 0 Å². The second kappa shape index (κ2) is 7.78. The molecular formula is C16H11Br3N2OS2. The Balaban J connectivity index is 1.87. The average Bonchev–Trinajstić information content (AvgIpc) is 3.12. The number of aromatic nitrogens is 1. The Kier molecular flexibility index (Phi) is 5.92. The van der Waals surface area contributed by atoms with E-state index in [0.717, 1.165) is 35.3 Å². The number of amides is 1. The van der Waals surface area contributed by atoms with Crippen molar-refractivity contribution >= 4 is 81.5 Å². The van der Waals surface area contributed by atoms with Crippen LogP contribution in [0, 0.1) is 0 Å². The normalized spacial score (nSPS) is 10.8. The van der Waals surface area contributed by atoms with Gasteiger partial charge in [0, 0.05) is 19.4 Å². The molecule has 0 aliphatic carbocycles. The van der Waals surface area contributed by atoms with Gasteiger partial charge >= 0.3 is 0 Å². The van der Waals surface area contributed by atoms with Gasteiger partial charge in [-0.25, -0.2) is 4.98 Å². The van der Waals surface area contributed by atoms with Gasteiger partial charge in [0.05, 0.1) is 14.4 Å². The molecule has 0 atom stereocenters. The first-order valence-electron chi connectivity index (χ1n) is 6.99. The number of carbonyl (C=O) groups is 1. The number of benzene rings is 1. The first kappa shape index (κ1) is 18.3. The molecule has 0 bridgehead atoms. The Morgan fingerprint density at radius 2 is 1.88 bits per heavy atom. The van der Waals surface area contributed by atoms with E-state index in [-0.39, 0.29) is 5.91 Å². The molecule has 24 heavy (non-hydrogen) atoms. The number of carbonyl (C=O) groups excluding carboxylic acids is 1. The summed E-state index contributed by atoms with van der Waals surface area (Å²) in [4.78, 5) is 18.8. The van der Waals surface area contributed by atoms with E-state index < -0.39 is 0 Å². The zero-order valence-corrected chi connectivity index (χ0v) is 18.8. The lowest BCUT2D eigenvalue weighted by atomic mass is 10.1. The molecule has 8 heteroatoms. The SMILES string of the molecule is CCc1sc(NC(=O)c2cc(Br)c(Br)s2)nc1-c1ccc(Br)cc1. The third kappa shape index (κ3) is 3.99. The van der Waals surface area contributed by atoms with Gasteiger partial charge in [0.15, 0.2) is 5.13 Å². The standard InChI is InChI=1S/C16H11Br3N2OS2/c1-2-11-13(8-3-5-9(17)6-4-8)20-16(24-11)21-15(22)12-7-10(18)14(19)23-12/h3-7H,2H2,1H3,(H,20,21,22). The van der Waals surface area contributed by atoms with Gasteiger partial charge in [0.2, 0.25) is 0 Å². The number of hydrogen-bond acceptors (Lipinski definition) is 4. The van der Waals surface area contributed by atoms with Gasteiger partial charge in [-0.15, -0.1) is 22.7 Å². The zero-order valence-electron chi connectivity index (χ0n) is 12.4. The average molecular weight is 551 g/mol. The van der Waals surface area contributed by atoms with Crippen LogP contribution < -0.4 is 5.32 Å². The number of anilines is 1. The lowest BCUT2D eigenvalue weighted by molar-refractivity contribution is 0.103. The largest absolute Gasteiger partial charge is 0.297 e. The van der Waals surface area contributed by atoms with Crippen LogP contribution >= 0.6 is 70.5 Å². The minimum Gasteiger partial charge on any atom is -0.297 e. The van der Waals surface area contributed by atoms with E-state index >= 15 is 0 Å². The van der Waals surface area contributed by atoms with Gasteiger partial charge in [-0.3, -0.25) is 10.1 Å². The minimum absolute atomic E-state index is 0.148.